The number of amides is 1. The van der Waals surface area contributed by atoms with Gasteiger partial charge in [-0.1, -0.05) is 13.0 Å². The van der Waals surface area contributed by atoms with Gasteiger partial charge in [-0.3, -0.25) is 9.52 Å². The van der Waals surface area contributed by atoms with Crippen molar-refractivity contribution in [3.05, 3.63) is 59.2 Å². The van der Waals surface area contributed by atoms with E-state index in [9.17, 15) is 13.2 Å². The summed E-state index contributed by atoms with van der Waals surface area (Å²) in [6, 6.07) is 11.6. The first-order valence-electron chi connectivity index (χ1n) is 9.26. The van der Waals surface area contributed by atoms with E-state index in [1.165, 1.54) is 12.1 Å². The molecule has 1 N–H and O–H groups in total. The fraction of sp³-hybridized carbons (Fsp3) is 0.381. The van der Waals surface area contributed by atoms with E-state index in [2.05, 4.69) is 11.6 Å². The third-order valence-electron chi connectivity index (χ3n) is 5.24. The van der Waals surface area contributed by atoms with Crippen molar-refractivity contribution in [2.45, 2.75) is 38.5 Å². The maximum Gasteiger partial charge on any atom is 0.261 e. The van der Waals surface area contributed by atoms with Crippen molar-refractivity contribution in [2.75, 3.05) is 17.8 Å². The number of nitrogens with zero attached hydrogens (tertiary/aromatic N) is 1. The number of likely N-dealkylation sites (tertiary alicyclic amines) is 1. The number of rotatable bonds is 4. The van der Waals surface area contributed by atoms with E-state index >= 15 is 0 Å². The number of hydrogen-bond acceptors (Lipinski definition) is 3. The number of nitrogens with one attached hydrogen (secondary N) is 1. The molecular formula is C21H26N2O3S. The van der Waals surface area contributed by atoms with Crippen LogP contribution in [-0.4, -0.2) is 32.3 Å². The van der Waals surface area contributed by atoms with Crippen molar-refractivity contribution in [3.63, 3.8) is 0 Å². The first-order chi connectivity index (χ1) is 12.8. The molecule has 5 nitrogen and oxygen atoms in total. The van der Waals surface area contributed by atoms with Gasteiger partial charge in [-0.05, 0) is 80.1 Å². The van der Waals surface area contributed by atoms with Gasteiger partial charge in [0.15, 0.2) is 0 Å². The molecule has 0 atom stereocenters. The summed E-state index contributed by atoms with van der Waals surface area (Å²) in [7, 11) is -3.69. The lowest BCUT2D eigenvalue weighted by Gasteiger charge is -2.30. The zero-order chi connectivity index (χ0) is 19.6. The van der Waals surface area contributed by atoms with E-state index in [0.717, 1.165) is 37.1 Å². The average Bonchev–Trinajstić information content (AvgIpc) is 2.65. The summed E-state index contributed by atoms with van der Waals surface area (Å²) in [5.74, 6) is 0.617. The number of benzene rings is 2. The molecule has 1 saturated heterocycles. The van der Waals surface area contributed by atoms with E-state index in [1.807, 2.05) is 30.9 Å². The maximum absolute atomic E-state index is 12.6. The lowest BCUT2D eigenvalue weighted by Crippen LogP contribution is -2.37. The molecule has 0 radical (unpaired) electrons. The van der Waals surface area contributed by atoms with Crippen LogP contribution in [0.25, 0.3) is 0 Å². The molecule has 0 bridgehead atoms. The molecule has 0 unspecified atom stereocenters. The quantitative estimate of drug-likeness (QED) is 0.864. The molecule has 2 aromatic rings. The molecule has 0 saturated carbocycles. The lowest BCUT2D eigenvalue weighted by molar-refractivity contribution is 0.0697. The number of carbonyl (C=O) groups is 1. The minimum absolute atomic E-state index is 0.0343. The Morgan fingerprint density at radius 1 is 1.00 bits per heavy atom. The average molecular weight is 387 g/mol. The van der Waals surface area contributed by atoms with E-state index < -0.39 is 10.0 Å². The molecule has 2 aromatic carbocycles. The van der Waals surface area contributed by atoms with Crippen LogP contribution in [0, 0.1) is 19.8 Å². The smallest absolute Gasteiger partial charge is 0.261 e. The van der Waals surface area contributed by atoms with Gasteiger partial charge >= 0.3 is 0 Å². The van der Waals surface area contributed by atoms with E-state index in [1.54, 1.807) is 18.2 Å². The fourth-order valence-electron chi connectivity index (χ4n) is 3.19. The summed E-state index contributed by atoms with van der Waals surface area (Å²) < 4.78 is 27.8. The van der Waals surface area contributed by atoms with Gasteiger partial charge < -0.3 is 4.90 Å². The Hall–Kier alpha value is -2.34. The Balaban J connectivity index is 1.73. The molecule has 144 valence electrons. The largest absolute Gasteiger partial charge is 0.339 e. The summed E-state index contributed by atoms with van der Waals surface area (Å²) in [5.41, 5.74) is 3.18. The highest BCUT2D eigenvalue weighted by Crippen LogP contribution is 2.21. The molecule has 3 rings (SSSR count). The summed E-state index contributed by atoms with van der Waals surface area (Å²) in [5, 5.41) is 0. The van der Waals surface area contributed by atoms with Crippen LogP contribution in [0.2, 0.25) is 0 Å². The Labute approximate surface area is 161 Å². The topological polar surface area (TPSA) is 66.5 Å². The summed E-state index contributed by atoms with van der Waals surface area (Å²) >= 11 is 0. The standard InChI is InChI=1S/C21H26N2O3S/c1-15-10-12-23(13-11-15)21(24)18-5-8-20(9-6-18)27(25,26)22-19-7-4-16(2)17(3)14-19/h4-9,14-15,22H,10-13H2,1-3H3. The van der Waals surface area contributed by atoms with Crippen molar-refractivity contribution in [2.24, 2.45) is 5.92 Å². The molecule has 0 aromatic heterocycles. The molecule has 1 heterocycles. The number of aryl methyl sites for hydroxylation is 2. The molecule has 27 heavy (non-hydrogen) atoms. The van der Waals surface area contributed by atoms with Crippen LogP contribution in [0.5, 0.6) is 0 Å². The Kier molecular flexibility index (Phi) is 5.56. The SMILES string of the molecule is Cc1ccc(NS(=O)(=O)c2ccc(C(=O)N3CCC(C)CC3)cc2)cc1C. The van der Waals surface area contributed by atoms with Crippen molar-refractivity contribution < 1.29 is 13.2 Å². The predicted octanol–water partition coefficient (Wildman–Crippen LogP) is 3.98. The van der Waals surface area contributed by atoms with Crippen molar-refractivity contribution in [1.29, 1.82) is 0 Å². The number of hydrogen-bond donors (Lipinski definition) is 1. The zero-order valence-corrected chi connectivity index (χ0v) is 16.8. The van der Waals surface area contributed by atoms with E-state index in [-0.39, 0.29) is 10.8 Å². The first kappa shape index (κ1) is 19.4. The van der Waals surface area contributed by atoms with Crippen LogP contribution < -0.4 is 4.72 Å². The second-order valence-electron chi connectivity index (χ2n) is 7.40. The van der Waals surface area contributed by atoms with Gasteiger partial charge in [0.1, 0.15) is 0 Å². The van der Waals surface area contributed by atoms with Gasteiger partial charge in [-0.2, -0.15) is 0 Å². The summed E-state index contributed by atoms with van der Waals surface area (Å²) in [4.78, 5) is 14.6. The Morgan fingerprint density at radius 2 is 1.63 bits per heavy atom. The third kappa shape index (κ3) is 4.50. The van der Waals surface area contributed by atoms with Gasteiger partial charge in [0.25, 0.3) is 15.9 Å². The van der Waals surface area contributed by atoms with Gasteiger partial charge in [0.05, 0.1) is 4.90 Å². The van der Waals surface area contributed by atoms with Gasteiger partial charge in [-0.15, -0.1) is 0 Å². The van der Waals surface area contributed by atoms with Crippen molar-refractivity contribution >= 4 is 21.6 Å². The van der Waals surface area contributed by atoms with Crippen LogP contribution in [0.4, 0.5) is 5.69 Å². The van der Waals surface area contributed by atoms with Crippen LogP contribution in [0.15, 0.2) is 47.4 Å². The Bertz CT molecular complexity index is 928. The summed E-state index contributed by atoms with van der Waals surface area (Å²) in [6.45, 7) is 7.63. The number of piperidine rings is 1. The molecule has 1 aliphatic rings. The van der Waals surface area contributed by atoms with Crippen LogP contribution in [-0.2, 0) is 10.0 Å². The summed E-state index contributed by atoms with van der Waals surface area (Å²) in [6.07, 6.45) is 2.02. The second-order valence-corrected chi connectivity index (χ2v) is 9.09. The third-order valence-corrected chi connectivity index (χ3v) is 6.64. The van der Waals surface area contributed by atoms with Crippen molar-refractivity contribution in [1.82, 2.24) is 4.90 Å². The molecule has 0 aliphatic carbocycles. The van der Waals surface area contributed by atoms with Crippen LogP contribution >= 0.6 is 0 Å². The Morgan fingerprint density at radius 3 is 2.22 bits per heavy atom. The number of sulfonamides is 1. The van der Waals surface area contributed by atoms with Crippen LogP contribution in [0.3, 0.4) is 0 Å². The van der Waals surface area contributed by atoms with E-state index in [4.69, 9.17) is 0 Å². The van der Waals surface area contributed by atoms with Crippen LogP contribution in [0.1, 0.15) is 41.3 Å². The van der Waals surface area contributed by atoms with Crippen molar-refractivity contribution in [3.8, 4) is 0 Å². The number of carbonyl (C=O) groups excluding carboxylic acids is 1. The molecule has 0 spiro atoms. The second kappa shape index (κ2) is 7.72. The van der Waals surface area contributed by atoms with E-state index in [0.29, 0.717) is 17.2 Å². The monoisotopic (exact) mass is 386 g/mol. The normalized spacial score (nSPS) is 15.6. The maximum atomic E-state index is 12.6. The molecule has 1 fully saturated rings. The molecule has 1 aliphatic heterocycles. The molecular weight excluding hydrogens is 360 g/mol. The minimum atomic E-state index is -3.69. The zero-order valence-electron chi connectivity index (χ0n) is 16.0. The lowest BCUT2D eigenvalue weighted by atomic mass is 9.98. The highest BCUT2D eigenvalue weighted by molar-refractivity contribution is 7.92. The fourth-order valence-corrected chi connectivity index (χ4v) is 4.24. The highest BCUT2D eigenvalue weighted by Gasteiger charge is 2.22. The van der Waals surface area contributed by atoms with Gasteiger partial charge in [0.2, 0.25) is 0 Å². The number of anilines is 1. The molecule has 6 heteroatoms. The first-order valence-corrected chi connectivity index (χ1v) is 10.7. The predicted molar refractivity (Wildman–Crippen MR) is 107 cm³/mol. The highest BCUT2D eigenvalue weighted by atomic mass is 32.2. The molecule has 1 amide bonds. The minimum Gasteiger partial charge on any atom is -0.339 e. The van der Waals surface area contributed by atoms with Gasteiger partial charge in [0, 0.05) is 24.3 Å². The van der Waals surface area contributed by atoms with Gasteiger partial charge in [-0.25, -0.2) is 8.42 Å².